The second-order valence-corrected chi connectivity index (χ2v) is 7.09. The Morgan fingerprint density at radius 3 is 2.48 bits per heavy atom. The maximum Gasteiger partial charge on any atom is 0.254 e. The predicted molar refractivity (Wildman–Crippen MR) is 98.4 cm³/mol. The summed E-state index contributed by atoms with van der Waals surface area (Å²) < 4.78 is 0. The van der Waals surface area contributed by atoms with Gasteiger partial charge in [0.25, 0.3) is 5.91 Å². The van der Waals surface area contributed by atoms with Crippen LogP contribution in [0, 0.1) is 0 Å². The zero-order valence-electron chi connectivity index (χ0n) is 14.5. The van der Waals surface area contributed by atoms with Crippen LogP contribution >= 0.6 is 0 Å². The first-order chi connectivity index (χ1) is 12.2. The fraction of sp³-hybridized carbons (Fsp3) is 0.429. The number of carbonyl (C=O) groups excluding carboxylic acids is 2. The maximum absolute atomic E-state index is 13.0. The smallest absolute Gasteiger partial charge is 0.254 e. The molecule has 2 aliphatic heterocycles. The van der Waals surface area contributed by atoms with E-state index in [1.807, 2.05) is 47.4 Å². The van der Waals surface area contributed by atoms with Crippen molar-refractivity contribution in [2.24, 2.45) is 0 Å². The van der Waals surface area contributed by atoms with Crippen molar-refractivity contribution in [2.75, 3.05) is 19.6 Å². The monoisotopic (exact) mass is 336 g/mol. The molecule has 2 aromatic rings. The number of hydrogen-bond donors (Lipinski definition) is 0. The number of hydrogen-bond acceptors (Lipinski definition) is 2. The van der Waals surface area contributed by atoms with E-state index in [1.165, 1.54) is 0 Å². The Balaban J connectivity index is 1.47. The molecule has 0 bridgehead atoms. The second kappa shape index (κ2) is 6.87. The number of carbonyl (C=O) groups is 2. The summed E-state index contributed by atoms with van der Waals surface area (Å²) in [6.07, 6.45) is 4.61. The van der Waals surface area contributed by atoms with Crippen LogP contribution in [0.5, 0.6) is 0 Å². The van der Waals surface area contributed by atoms with Gasteiger partial charge in [0.05, 0.1) is 0 Å². The Kier molecular flexibility index (Phi) is 4.43. The Bertz CT molecular complexity index is 788. The average molecular weight is 336 g/mol. The van der Waals surface area contributed by atoms with Gasteiger partial charge in [-0.25, -0.2) is 0 Å². The van der Waals surface area contributed by atoms with Gasteiger partial charge in [0, 0.05) is 37.7 Å². The highest BCUT2D eigenvalue weighted by Crippen LogP contribution is 2.25. The summed E-state index contributed by atoms with van der Waals surface area (Å²) in [6.45, 7) is 2.35. The lowest BCUT2D eigenvalue weighted by atomic mass is 9.98. The Morgan fingerprint density at radius 2 is 1.68 bits per heavy atom. The molecule has 2 fully saturated rings. The highest BCUT2D eigenvalue weighted by atomic mass is 16.2. The predicted octanol–water partition coefficient (Wildman–Crippen LogP) is 3.46. The molecule has 0 saturated carbocycles. The summed E-state index contributed by atoms with van der Waals surface area (Å²) in [4.78, 5) is 29.1. The minimum absolute atomic E-state index is 0.111. The van der Waals surface area contributed by atoms with Gasteiger partial charge in [-0.1, -0.05) is 36.4 Å². The van der Waals surface area contributed by atoms with Gasteiger partial charge in [0.2, 0.25) is 5.91 Å². The summed E-state index contributed by atoms with van der Waals surface area (Å²) in [7, 11) is 0. The van der Waals surface area contributed by atoms with Gasteiger partial charge < -0.3 is 9.80 Å². The first-order valence-electron chi connectivity index (χ1n) is 9.30. The van der Waals surface area contributed by atoms with E-state index in [2.05, 4.69) is 4.90 Å². The molecule has 25 heavy (non-hydrogen) atoms. The van der Waals surface area contributed by atoms with Gasteiger partial charge in [-0.3, -0.25) is 9.59 Å². The molecule has 0 spiro atoms. The number of benzene rings is 2. The largest absolute Gasteiger partial charge is 0.340 e. The molecule has 2 saturated heterocycles. The first kappa shape index (κ1) is 16.1. The number of nitrogens with zero attached hydrogens (tertiary/aromatic N) is 2. The molecule has 4 rings (SSSR count). The lowest BCUT2D eigenvalue weighted by Crippen LogP contribution is -2.50. The Hall–Kier alpha value is -2.36. The van der Waals surface area contributed by atoms with Crippen molar-refractivity contribution in [3.8, 4) is 0 Å². The molecule has 0 aliphatic carbocycles. The normalized spacial score (nSPS) is 19.4. The topological polar surface area (TPSA) is 40.6 Å². The van der Waals surface area contributed by atoms with Crippen molar-refractivity contribution < 1.29 is 9.59 Å². The first-order valence-corrected chi connectivity index (χ1v) is 9.30. The quantitative estimate of drug-likeness (QED) is 0.843. The van der Waals surface area contributed by atoms with E-state index in [0.29, 0.717) is 18.4 Å². The number of piperidine rings is 2. The summed E-state index contributed by atoms with van der Waals surface area (Å²) >= 11 is 0. The van der Waals surface area contributed by atoms with Gasteiger partial charge >= 0.3 is 0 Å². The van der Waals surface area contributed by atoms with E-state index in [1.54, 1.807) is 0 Å². The van der Waals surface area contributed by atoms with Crippen molar-refractivity contribution >= 4 is 22.6 Å². The zero-order valence-corrected chi connectivity index (χ0v) is 14.5. The minimum atomic E-state index is 0.111. The lowest BCUT2D eigenvalue weighted by Gasteiger charge is -2.40. The summed E-state index contributed by atoms with van der Waals surface area (Å²) in [6, 6.07) is 14.3. The molecule has 2 aromatic carbocycles. The van der Waals surface area contributed by atoms with E-state index in [-0.39, 0.29) is 5.91 Å². The van der Waals surface area contributed by atoms with E-state index < -0.39 is 0 Å². The molecule has 0 radical (unpaired) electrons. The molecule has 0 unspecified atom stereocenters. The standard InChI is InChI=1S/C21H24N2O2/c24-20-10-3-4-13-23(20)17-11-14-22(15-12-17)21(25)19-9-5-7-16-6-1-2-8-18(16)19/h1-2,5-9,17H,3-4,10-15H2. The SMILES string of the molecule is O=C(c1cccc2ccccc12)N1CCC(N2CCCCC2=O)CC1. The molecule has 2 heterocycles. The van der Waals surface area contributed by atoms with E-state index in [4.69, 9.17) is 0 Å². The number of fused-ring (bicyclic) bond motifs is 1. The molecule has 0 atom stereocenters. The number of likely N-dealkylation sites (tertiary alicyclic amines) is 2. The molecule has 130 valence electrons. The van der Waals surface area contributed by atoms with Crippen molar-refractivity contribution in [3.63, 3.8) is 0 Å². The van der Waals surface area contributed by atoms with Crippen molar-refractivity contribution in [3.05, 3.63) is 48.0 Å². The van der Waals surface area contributed by atoms with E-state index >= 15 is 0 Å². The number of amides is 2. The molecule has 2 aliphatic rings. The third kappa shape index (κ3) is 3.13. The van der Waals surface area contributed by atoms with Crippen LogP contribution in [0.2, 0.25) is 0 Å². The van der Waals surface area contributed by atoms with Crippen LogP contribution in [-0.2, 0) is 4.79 Å². The maximum atomic E-state index is 13.0. The van der Waals surface area contributed by atoms with Gasteiger partial charge in [0.15, 0.2) is 0 Å². The van der Waals surface area contributed by atoms with Crippen LogP contribution in [-0.4, -0.2) is 47.3 Å². The van der Waals surface area contributed by atoms with E-state index in [0.717, 1.165) is 61.7 Å². The van der Waals surface area contributed by atoms with Gasteiger partial charge in [-0.15, -0.1) is 0 Å². The highest BCUT2D eigenvalue weighted by molar-refractivity contribution is 6.07. The second-order valence-electron chi connectivity index (χ2n) is 7.09. The van der Waals surface area contributed by atoms with Gasteiger partial charge in [-0.2, -0.15) is 0 Å². The molecule has 4 heteroatoms. The van der Waals surface area contributed by atoms with Crippen LogP contribution in [0.3, 0.4) is 0 Å². The van der Waals surface area contributed by atoms with Crippen molar-refractivity contribution in [1.82, 2.24) is 9.80 Å². The van der Waals surface area contributed by atoms with Gasteiger partial charge in [-0.05, 0) is 42.5 Å². The fourth-order valence-corrected chi connectivity index (χ4v) is 4.18. The molecular weight excluding hydrogens is 312 g/mol. The third-order valence-electron chi connectivity index (χ3n) is 5.57. The molecule has 2 amide bonds. The molecule has 0 aromatic heterocycles. The summed E-state index contributed by atoms with van der Waals surface area (Å²) in [5, 5.41) is 2.12. The average Bonchev–Trinajstić information content (AvgIpc) is 2.67. The van der Waals surface area contributed by atoms with Crippen LogP contribution in [0.1, 0.15) is 42.5 Å². The third-order valence-corrected chi connectivity index (χ3v) is 5.57. The fourth-order valence-electron chi connectivity index (χ4n) is 4.18. The number of rotatable bonds is 2. The Morgan fingerprint density at radius 1 is 0.920 bits per heavy atom. The van der Waals surface area contributed by atoms with Crippen LogP contribution < -0.4 is 0 Å². The zero-order chi connectivity index (χ0) is 17.2. The molecule has 0 N–H and O–H groups in total. The Labute approximate surface area is 148 Å². The molecular formula is C21H24N2O2. The highest BCUT2D eigenvalue weighted by Gasteiger charge is 2.31. The van der Waals surface area contributed by atoms with E-state index in [9.17, 15) is 9.59 Å². The lowest BCUT2D eigenvalue weighted by molar-refractivity contribution is -0.136. The minimum Gasteiger partial charge on any atom is -0.340 e. The van der Waals surface area contributed by atoms with Crippen molar-refractivity contribution in [1.29, 1.82) is 0 Å². The summed E-state index contributed by atoms with van der Waals surface area (Å²) in [5.74, 6) is 0.408. The summed E-state index contributed by atoms with van der Waals surface area (Å²) in [5.41, 5.74) is 0.783. The van der Waals surface area contributed by atoms with Gasteiger partial charge in [0.1, 0.15) is 0 Å². The van der Waals surface area contributed by atoms with Crippen molar-refractivity contribution in [2.45, 2.75) is 38.1 Å². The molecule has 4 nitrogen and oxygen atoms in total. The van der Waals surface area contributed by atoms with Crippen LogP contribution in [0.4, 0.5) is 0 Å². The van der Waals surface area contributed by atoms with Crippen LogP contribution in [0.15, 0.2) is 42.5 Å². The van der Waals surface area contributed by atoms with Crippen LogP contribution in [0.25, 0.3) is 10.8 Å².